The largest absolute Gasteiger partial charge is 0.462 e. The van der Waals surface area contributed by atoms with Crippen molar-refractivity contribution in [1.29, 1.82) is 0 Å². The maximum Gasteiger partial charge on any atom is 0.302 e. The molecule has 0 heterocycles. The van der Waals surface area contributed by atoms with E-state index in [1.54, 1.807) is 0 Å². The van der Waals surface area contributed by atoms with Crippen LogP contribution in [0, 0.1) is 45.3 Å². The van der Waals surface area contributed by atoms with E-state index in [0.717, 1.165) is 31.8 Å². The summed E-state index contributed by atoms with van der Waals surface area (Å²) in [6, 6.07) is 0. The van der Waals surface area contributed by atoms with E-state index in [9.17, 15) is 14.4 Å². The average molecular weight is 429 g/mol. The van der Waals surface area contributed by atoms with Crippen molar-refractivity contribution in [3.8, 4) is 0 Å². The van der Waals surface area contributed by atoms with E-state index in [1.807, 2.05) is 6.08 Å². The summed E-state index contributed by atoms with van der Waals surface area (Å²) < 4.78 is 6.02. The van der Waals surface area contributed by atoms with Crippen LogP contribution in [0.3, 0.4) is 0 Å². The average Bonchev–Trinajstić information content (AvgIpc) is 2.67. The van der Waals surface area contributed by atoms with Gasteiger partial charge in [0.2, 0.25) is 0 Å². The van der Waals surface area contributed by atoms with E-state index in [4.69, 9.17) is 4.74 Å². The minimum Gasteiger partial charge on any atom is -0.462 e. The van der Waals surface area contributed by atoms with E-state index < -0.39 is 11.3 Å². The monoisotopic (exact) mass is 428 g/mol. The summed E-state index contributed by atoms with van der Waals surface area (Å²) in [5.74, 6) is 0.519. The van der Waals surface area contributed by atoms with Crippen LogP contribution in [0.2, 0.25) is 0 Å². The lowest BCUT2D eigenvalue weighted by molar-refractivity contribution is -0.238. The number of hydrogen-bond donors (Lipinski definition) is 0. The number of aldehydes is 2. The Morgan fingerprint density at radius 1 is 1.00 bits per heavy atom. The fourth-order valence-corrected chi connectivity index (χ4v) is 9.45. The molecule has 0 aromatic heterocycles. The summed E-state index contributed by atoms with van der Waals surface area (Å²) in [5, 5.41) is 0. The van der Waals surface area contributed by atoms with Gasteiger partial charge in [-0.05, 0) is 78.1 Å². The number of ether oxygens (including phenoxy) is 1. The Morgan fingerprint density at radius 2 is 1.68 bits per heavy atom. The minimum absolute atomic E-state index is 0.0657. The number of esters is 1. The summed E-state index contributed by atoms with van der Waals surface area (Å²) in [6.07, 6.45) is 11.1. The third-order valence-corrected chi connectivity index (χ3v) is 10.7. The molecule has 0 aliphatic heterocycles. The maximum absolute atomic E-state index is 12.3. The Kier molecular flexibility index (Phi) is 5.34. The highest BCUT2D eigenvalue weighted by atomic mass is 16.5. The van der Waals surface area contributed by atoms with E-state index >= 15 is 0 Å². The van der Waals surface area contributed by atoms with Gasteiger partial charge in [0.25, 0.3) is 0 Å². The van der Waals surface area contributed by atoms with Crippen molar-refractivity contribution in [2.75, 3.05) is 0 Å². The first kappa shape index (κ1) is 22.7. The quantitative estimate of drug-likeness (QED) is 0.437. The fourth-order valence-electron chi connectivity index (χ4n) is 9.45. The zero-order valence-corrected chi connectivity index (χ0v) is 20.2. The molecule has 4 nitrogen and oxygen atoms in total. The van der Waals surface area contributed by atoms with Crippen molar-refractivity contribution in [3.05, 3.63) is 11.6 Å². The first-order chi connectivity index (χ1) is 14.4. The Balaban J connectivity index is 1.85. The summed E-state index contributed by atoms with van der Waals surface area (Å²) in [5.41, 5.74) is 0.619. The normalized spacial score (nSPS) is 48.3. The second-order valence-electron chi connectivity index (χ2n) is 12.4. The fraction of sp³-hybridized carbons (Fsp3) is 0.815. The molecule has 0 bridgehead atoms. The highest BCUT2D eigenvalue weighted by molar-refractivity contribution is 5.82. The van der Waals surface area contributed by atoms with Crippen LogP contribution in [-0.4, -0.2) is 24.6 Å². The number of fused-ring (bicyclic) bond motifs is 5. The van der Waals surface area contributed by atoms with Gasteiger partial charge in [-0.2, -0.15) is 0 Å². The topological polar surface area (TPSA) is 60.4 Å². The number of carbonyl (C=O) groups excluding carboxylic acids is 3. The van der Waals surface area contributed by atoms with E-state index in [1.165, 1.54) is 32.6 Å². The molecule has 1 unspecified atom stereocenters. The van der Waals surface area contributed by atoms with Gasteiger partial charge in [0, 0.05) is 12.3 Å². The van der Waals surface area contributed by atoms with Gasteiger partial charge in [0.05, 0.1) is 5.92 Å². The van der Waals surface area contributed by atoms with Crippen molar-refractivity contribution >= 4 is 18.5 Å². The van der Waals surface area contributed by atoms with Crippen LogP contribution in [0.5, 0.6) is 0 Å². The molecular formula is C27H40O4. The summed E-state index contributed by atoms with van der Waals surface area (Å²) >= 11 is 0. The second kappa shape index (κ2) is 7.28. The predicted octanol–water partition coefficient (Wildman–Crippen LogP) is 5.54. The molecule has 0 amide bonds. The van der Waals surface area contributed by atoms with Crippen LogP contribution < -0.4 is 0 Å². The van der Waals surface area contributed by atoms with Gasteiger partial charge in [0.15, 0.2) is 0 Å². The molecule has 0 radical (unpaired) electrons. The Bertz CT molecular complexity index is 812. The van der Waals surface area contributed by atoms with Crippen molar-refractivity contribution < 1.29 is 19.1 Å². The SMILES string of the molecule is CC(=O)O[C@H]1C[C@H]2[C@@](C)(CCC3C(C)(C)CCC[C@@]32C)[C@@H]2CC=C(C=O)[C@@H](C=O)[C@@]12C. The number of carbonyl (C=O) groups is 3. The van der Waals surface area contributed by atoms with Gasteiger partial charge in [-0.1, -0.05) is 47.1 Å². The molecule has 4 rings (SSSR count). The molecule has 4 aliphatic carbocycles. The second-order valence-corrected chi connectivity index (χ2v) is 12.4. The lowest BCUT2D eigenvalue weighted by Crippen LogP contribution is -2.67. The highest BCUT2D eigenvalue weighted by Gasteiger charge is 2.68. The first-order valence-corrected chi connectivity index (χ1v) is 12.2. The minimum atomic E-state index is -0.545. The molecule has 4 aliphatic rings. The third kappa shape index (κ3) is 3.03. The third-order valence-electron chi connectivity index (χ3n) is 10.7. The molecule has 3 fully saturated rings. The molecular weight excluding hydrogens is 388 g/mol. The van der Waals surface area contributed by atoms with Crippen LogP contribution >= 0.6 is 0 Å². The van der Waals surface area contributed by atoms with Crippen molar-refractivity contribution in [1.82, 2.24) is 0 Å². The molecule has 3 saturated carbocycles. The van der Waals surface area contributed by atoms with Crippen LogP contribution in [0.15, 0.2) is 11.6 Å². The first-order valence-electron chi connectivity index (χ1n) is 12.2. The lowest BCUT2D eigenvalue weighted by Gasteiger charge is -2.70. The summed E-state index contributed by atoms with van der Waals surface area (Å²) in [6.45, 7) is 13.4. The number of allylic oxidation sites excluding steroid dienone is 2. The van der Waals surface area contributed by atoms with Gasteiger partial charge in [-0.25, -0.2) is 0 Å². The van der Waals surface area contributed by atoms with Gasteiger partial charge >= 0.3 is 5.97 Å². The van der Waals surface area contributed by atoms with Crippen molar-refractivity contribution in [3.63, 3.8) is 0 Å². The Labute approximate surface area is 187 Å². The molecule has 0 saturated heterocycles. The zero-order valence-electron chi connectivity index (χ0n) is 20.2. The standard InChI is InChI=1S/C27H40O4/c1-17(30)31-23-14-22-25(4)12-7-11-24(2,3)20(25)10-13-26(22,5)21-9-8-18(15-28)19(16-29)27(21,23)6/h8,15-16,19-23H,7,9-14H2,1-6H3/t19-,20?,21+,22-,23+,25+,26+,27-/m1/s1. The van der Waals surface area contributed by atoms with Crippen LogP contribution in [0.1, 0.15) is 86.5 Å². The van der Waals surface area contributed by atoms with Gasteiger partial charge in [-0.3, -0.25) is 9.59 Å². The number of hydrogen-bond acceptors (Lipinski definition) is 4. The molecule has 0 aromatic carbocycles. The van der Waals surface area contributed by atoms with E-state index in [0.29, 0.717) is 22.8 Å². The molecule has 8 atom stereocenters. The lowest BCUT2D eigenvalue weighted by atomic mass is 9.35. The Morgan fingerprint density at radius 3 is 2.29 bits per heavy atom. The van der Waals surface area contributed by atoms with Crippen LogP contribution in [-0.2, 0) is 19.1 Å². The Hall–Kier alpha value is -1.45. The number of rotatable bonds is 3. The zero-order chi connectivity index (χ0) is 22.8. The van der Waals surface area contributed by atoms with E-state index in [-0.39, 0.29) is 28.8 Å². The maximum atomic E-state index is 12.3. The van der Waals surface area contributed by atoms with Gasteiger partial charge in [-0.15, -0.1) is 0 Å². The summed E-state index contributed by atoms with van der Waals surface area (Å²) in [7, 11) is 0. The van der Waals surface area contributed by atoms with Gasteiger partial charge in [0.1, 0.15) is 18.7 Å². The van der Waals surface area contributed by atoms with Crippen LogP contribution in [0.4, 0.5) is 0 Å². The molecule has 0 spiro atoms. The highest BCUT2D eigenvalue weighted by Crippen LogP contribution is 2.73. The van der Waals surface area contributed by atoms with Crippen LogP contribution in [0.25, 0.3) is 0 Å². The molecule has 0 aromatic rings. The van der Waals surface area contributed by atoms with Gasteiger partial charge < -0.3 is 9.53 Å². The van der Waals surface area contributed by atoms with Crippen molar-refractivity contribution in [2.45, 2.75) is 92.6 Å². The molecule has 172 valence electrons. The smallest absolute Gasteiger partial charge is 0.302 e. The molecule has 31 heavy (non-hydrogen) atoms. The summed E-state index contributed by atoms with van der Waals surface area (Å²) in [4.78, 5) is 36.3. The predicted molar refractivity (Wildman–Crippen MR) is 120 cm³/mol. The van der Waals surface area contributed by atoms with Crippen molar-refractivity contribution in [2.24, 2.45) is 45.3 Å². The molecule has 4 heteroatoms. The molecule has 0 N–H and O–H groups in total. The van der Waals surface area contributed by atoms with E-state index in [2.05, 4.69) is 34.6 Å².